The lowest BCUT2D eigenvalue weighted by atomic mass is 10.3. The number of ether oxygens (including phenoxy) is 1. The minimum absolute atomic E-state index is 0.0548. The average molecular weight is 315 g/mol. The van der Waals surface area contributed by atoms with E-state index in [2.05, 4.69) is 16.7 Å². The molecule has 0 spiro atoms. The van der Waals surface area contributed by atoms with Crippen molar-refractivity contribution in [2.45, 2.75) is 6.54 Å². The van der Waals surface area contributed by atoms with Crippen LogP contribution in [0.25, 0.3) is 0 Å². The fraction of sp³-hybridized carbons (Fsp3) is 0.0909. The van der Waals surface area contributed by atoms with Gasteiger partial charge in [-0.05, 0) is 28.1 Å². The van der Waals surface area contributed by atoms with E-state index >= 15 is 0 Å². The molecule has 1 aromatic heterocycles. The molecule has 1 aromatic carbocycles. The molecule has 0 bridgehead atoms. The standard InChI is InChI=1S/C11H8Cl2N4O3/c1-2-5-16-11(14-10(15-16)17(18)19)20-9-4-3-7(12)6-8(9)13/h2-4,6H,1,5H2. The molecule has 0 amide bonds. The van der Waals surface area contributed by atoms with Gasteiger partial charge in [0.15, 0.2) is 5.75 Å². The molecule has 20 heavy (non-hydrogen) atoms. The second kappa shape index (κ2) is 5.89. The number of rotatable bonds is 5. The van der Waals surface area contributed by atoms with E-state index in [0.29, 0.717) is 5.02 Å². The van der Waals surface area contributed by atoms with E-state index in [4.69, 9.17) is 27.9 Å². The van der Waals surface area contributed by atoms with Gasteiger partial charge >= 0.3 is 12.0 Å². The largest absolute Gasteiger partial charge is 0.494 e. The van der Waals surface area contributed by atoms with Crippen LogP contribution in [0.5, 0.6) is 11.8 Å². The molecule has 0 N–H and O–H groups in total. The second-order valence-corrected chi connectivity index (χ2v) is 4.44. The van der Waals surface area contributed by atoms with Crippen molar-refractivity contribution in [1.82, 2.24) is 14.8 Å². The Hall–Kier alpha value is -2.12. The van der Waals surface area contributed by atoms with Crippen LogP contribution in [0.15, 0.2) is 30.9 Å². The summed E-state index contributed by atoms with van der Waals surface area (Å²) in [7, 11) is 0. The van der Waals surface area contributed by atoms with Gasteiger partial charge in [-0.2, -0.15) is 0 Å². The highest BCUT2D eigenvalue weighted by atomic mass is 35.5. The van der Waals surface area contributed by atoms with Crippen LogP contribution in [0.2, 0.25) is 10.0 Å². The van der Waals surface area contributed by atoms with Crippen LogP contribution in [-0.4, -0.2) is 19.7 Å². The summed E-state index contributed by atoms with van der Waals surface area (Å²) in [6.07, 6.45) is 1.51. The molecule has 9 heteroatoms. The number of benzene rings is 1. The molecular weight excluding hydrogens is 307 g/mol. The molecule has 0 saturated carbocycles. The minimum Gasteiger partial charge on any atom is -0.410 e. The first-order valence-electron chi connectivity index (χ1n) is 5.34. The summed E-state index contributed by atoms with van der Waals surface area (Å²) < 4.78 is 6.63. The molecule has 0 aliphatic carbocycles. The summed E-state index contributed by atoms with van der Waals surface area (Å²) >= 11 is 11.7. The average Bonchev–Trinajstić information content (AvgIpc) is 2.77. The zero-order chi connectivity index (χ0) is 14.7. The molecule has 0 saturated heterocycles. The van der Waals surface area contributed by atoms with Crippen LogP contribution >= 0.6 is 23.2 Å². The topological polar surface area (TPSA) is 83.1 Å². The van der Waals surface area contributed by atoms with Gasteiger partial charge in [-0.15, -0.1) is 11.3 Å². The van der Waals surface area contributed by atoms with Crippen LogP contribution in [-0.2, 0) is 6.54 Å². The van der Waals surface area contributed by atoms with Crippen LogP contribution in [0.1, 0.15) is 0 Å². The minimum atomic E-state index is -0.712. The van der Waals surface area contributed by atoms with Crippen molar-refractivity contribution in [2.24, 2.45) is 0 Å². The van der Waals surface area contributed by atoms with Crippen molar-refractivity contribution in [3.63, 3.8) is 0 Å². The molecule has 0 fully saturated rings. The Morgan fingerprint density at radius 2 is 2.25 bits per heavy atom. The molecule has 2 rings (SSSR count). The lowest BCUT2D eigenvalue weighted by Gasteiger charge is -2.04. The van der Waals surface area contributed by atoms with E-state index in [1.807, 2.05) is 0 Å². The monoisotopic (exact) mass is 314 g/mol. The zero-order valence-electron chi connectivity index (χ0n) is 9.99. The number of hydrogen-bond acceptors (Lipinski definition) is 5. The van der Waals surface area contributed by atoms with Gasteiger partial charge in [0.1, 0.15) is 0 Å². The van der Waals surface area contributed by atoms with Gasteiger partial charge in [0, 0.05) is 10.1 Å². The molecule has 0 radical (unpaired) electrons. The first kappa shape index (κ1) is 14.3. The summed E-state index contributed by atoms with van der Waals surface area (Å²) in [5.74, 6) is -0.296. The molecule has 7 nitrogen and oxygen atoms in total. The molecule has 0 aliphatic rings. The summed E-state index contributed by atoms with van der Waals surface area (Å²) in [6, 6.07) is 4.54. The van der Waals surface area contributed by atoms with Gasteiger partial charge in [-0.1, -0.05) is 29.3 Å². The lowest BCUT2D eigenvalue weighted by Crippen LogP contribution is -2.01. The Balaban J connectivity index is 2.36. The predicted octanol–water partition coefficient (Wildman–Crippen LogP) is 3.47. The highest BCUT2D eigenvalue weighted by molar-refractivity contribution is 6.35. The van der Waals surface area contributed by atoms with Crippen molar-refractivity contribution >= 4 is 29.2 Å². The Kier molecular flexibility index (Phi) is 4.21. The Labute approximate surface area is 123 Å². The van der Waals surface area contributed by atoms with E-state index in [-0.39, 0.29) is 23.3 Å². The van der Waals surface area contributed by atoms with Gasteiger partial charge in [-0.3, -0.25) is 0 Å². The van der Waals surface area contributed by atoms with Crippen LogP contribution in [0, 0.1) is 10.1 Å². The summed E-state index contributed by atoms with van der Waals surface area (Å²) in [4.78, 5) is 13.6. The smallest absolute Gasteiger partial charge is 0.410 e. The van der Waals surface area contributed by atoms with E-state index in [0.717, 1.165) is 0 Å². The first-order chi connectivity index (χ1) is 9.51. The Morgan fingerprint density at radius 3 is 2.85 bits per heavy atom. The molecule has 0 unspecified atom stereocenters. The molecular formula is C11H8Cl2N4O3. The normalized spacial score (nSPS) is 10.3. The van der Waals surface area contributed by atoms with E-state index in [9.17, 15) is 10.1 Å². The number of nitro groups is 1. The lowest BCUT2D eigenvalue weighted by molar-refractivity contribution is -0.394. The quantitative estimate of drug-likeness (QED) is 0.479. The number of aromatic nitrogens is 3. The van der Waals surface area contributed by atoms with Crippen molar-refractivity contribution < 1.29 is 9.66 Å². The molecule has 0 atom stereocenters. The second-order valence-electron chi connectivity index (χ2n) is 3.60. The highest BCUT2D eigenvalue weighted by Gasteiger charge is 2.23. The summed E-state index contributed by atoms with van der Waals surface area (Å²) in [6.45, 7) is 3.74. The van der Waals surface area contributed by atoms with E-state index in [1.165, 1.54) is 22.9 Å². The summed E-state index contributed by atoms with van der Waals surface area (Å²) in [5, 5.41) is 15.1. The fourth-order valence-electron chi connectivity index (χ4n) is 1.37. The third-order valence-corrected chi connectivity index (χ3v) is 2.72. The summed E-state index contributed by atoms with van der Waals surface area (Å²) in [5.41, 5.74) is 0. The predicted molar refractivity (Wildman–Crippen MR) is 73.4 cm³/mol. The Morgan fingerprint density at radius 1 is 1.50 bits per heavy atom. The molecule has 0 aliphatic heterocycles. The Bertz CT molecular complexity index is 672. The molecule has 2 aromatic rings. The maximum Gasteiger partial charge on any atom is 0.494 e. The maximum absolute atomic E-state index is 10.7. The zero-order valence-corrected chi connectivity index (χ0v) is 11.5. The van der Waals surface area contributed by atoms with Crippen LogP contribution < -0.4 is 4.74 Å². The third kappa shape index (κ3) is 3.06. The third-order valence-electron chi connectivity index (χ3n) is 2.19. The number of halogens is 2. The highest BCUT2D eigenvalue weighted by Crippen LogP contribution is 2.31. The van der Waals surface area contributed by atoms with Gasteiger partial charge < -0.3 is 14.9 Å². The number of hydrogen-bond donors (Lipinski definition) is 0. The molecule has 1 heterocycles. The van der Waals surface area contributed by atoms with Crippen molar-refractivity contribution in [2.75, 3.05) is 0 Å². The van der Waals surface area contributed by atoms with Gasteiger partial charge in [-0.25, -0.2) is 0 Å². The SMILES string of the molecule is C=CCn1nc([N+](=O)[O-])nc1Oc1ccc(Cl)cc1Cl. The maximum atomic E-state index is 10.7. The fourth-order valence-corrected chi connectivity index (χ4v) is 1.81. The van der Waals surface area contributed by atoms with Gasteiger partial charge in [0.2, 0.25) is 0 Å². The first-order valence-corrected chi connectivity index (χ1v) is 6.10. The van der Waals surface area contributed by atoms with Crippen molar-refractivity contribution in [3.05, 3.63) is 51.0 Å². The van der Waals surface area contributed by atoms with Crippen molar-refractivity contribution in [1.29, 1.82) is 0 Å². The molecule has 104 valence electrons. The van der Waals surface area contributed by atoms with Gasteiger partial charge in [0.05, 0.1) is 11.6 Å². The number of allylic oxidation sites excluding steroid dienone is 1. The van der Waals surface area contributed by atoms with E-state index < -0.39 is 10.9 Å². The van der Waals surface area contributed by atoms with Gasteiger partial charge in [0.25, 0.3) is 0 Å². The van der Waals surface area contributed by atoms with Crippen LogP contribution in [0.3, 0.4) is 0 Å². The van der Waals surface area contributed by atoms with Crippen molar-refractivity contribution in [3.8, 4) is 11.8 Å². The number of nitrogens with zero attached hydrogens (tertiary/aromatic N) is 4. The van der Waals surface area contributed by atoms with Crippen LogP contribution in [0.4, 0.5) is 5.95 Å². The van der Waals surface area contributed by atoms with E-state index in [1.54, 1.807) is 6.07 Å².